The van der Waals surface area contributed by atoms with Crippen LogP contribution in [0.5, 0.6) is 0 Å². The maximum absolute atomic E-state index is 11.5. The molecule has 0 amide bonds. The van der Waals surface area contributed by atoms with Crippen molar-refractivity contribution < 1.29 is 33.3 Å². The first-order valence-corrected chi connectivity index (χ1v) is 4.99. The Hall–Kier alpha value is -1.63. The van der Waals surface area contributed by atoms with Gasteiger partial charge in [-0.15, -0.1) is 0 Å². The standard InChI is InChI=1S/C10H14O7/c1-14-7(11)3-4-10(5-8(12)15-2)9(13)16-6-17-10/h3-6H2,1-2H3/t10-/m1/s1. The summed E-state index contributed by atoms with van der Waals surface area (Å²) in [6.07, 6.45) is -0.296. The van der Waals surface area contributed by atoms with Crippen molar-refractivity contribution in [1.82, 2.24) is 0 Å². The maximum atomic E-state index is 11.5. The molecule has 7 heteroatoms. The minimum absolute atomic E-state index is 0.0214. The second-order valence-corrected chi connectivity index (χ2v) is 3.52. The highest BCUT2D eigenvalue weighted by Crippen LogP contribution is 2.29. The average molecular weight is 246 g/mol. The zero-order chi connectivity index (χ0) is 12.9. The summed E-state index contributed by atoms with van der Waals surface area (Å²) >= 11 is 0. The molecule has 17 heavy (non-hydrogen) atoms. The number of esters is 3. The third-order valence-corrected chi connectivity index (χ3v) is 2.52. The summed E-state index contributed by atoms with van der Waals surface area (Å²) < 4.78 is 18.7. The van der Waals surface area contributed by atoms with Gasteiger partial charge in [0.25, 0.3) is 0 Å². The number of methoxy groups -OCH3 is 2. The molecule has 1 saturated heterocycles. The molecule has 0 radical (unpaired) electrons. The van der Waals surface area contributed by atoms with Gasteiger partial charge < -0.3 is 18.9 Å². The van der Waals surface area contributed by atoms with Crippen LogP contribution in [0.15, 0.2) is 0 Å². The average Bonchev–Trinajstić information content (AvgIpc) is 2.68. The second-order valence-electron chi connectivity index (χ2n) is 3.52. The summed E-state index contributed by atoms with van der Waals surface area (Å²) in [6.45, 7) is -0.225. The number of hydrogen-bond donors (Lipinski definition) is 0. The Morgan fingerprint density at radius 2 is 1.94 bits per heavy atom. The molecular formula is C10H14O7. The van der Waals surface area contributed by atoms with Gasteiger partial charge in [-0.05, 0) is 6.42 Å². The van der Waals surface area contributed by atoms with E-state index in [9.17, 15) is 14.4 Å². The van der Waals surface area contributed by atoms with Crippen molar-refractivity contribution in [3.8, 4) is 0 Å². The zero-order valence-corrected chi connectivity index (χ0v) is 9.69. The van der Waals surface area contributed by atoms with Crippen LogP contribution in [-0.4, -0.2) is 44.5 Å². The van der Waals surface area contributed by atoms with Crippen LogP contribution < -0.4 is 0 Å². The molecule has 1 atom stereocenters. The lowest BCUT2D eigenvalue weighted by molar-refractivity contribution is -0.156. The molecule has 1 aliphatic rings. The van der Waals surface area contributed by atoms with E-state index in [1.807, 2.05) is 0 Å². The van der Waals surface area contributed by atoms with E-state index in [0.29, 0.717) is 0 Å². The fourth-order valence-corrected chi connectivity index (χ4v) is 1.48. The molecular weight excluding hydrogens is 232 g/mol. The van der Waals surface area contributed by atoms with Gasteiger partial charge in [-0.1, -0.05) is 0 Å². The molecule has 1 rings (SSSR count). The minimum atomic E-state index is -1.43. The zero-order valence-electron chi connectivity index (χ0n) is 9.69. The summed E-state index contributed by atoms with van der Waals surface area (Å²) in [5, 5.41) is 0. The van der Waals surface area contributed by atoms with E-state index in [-0.39, 0.29) is 26.1 Å². The number of hydrogen-bond acceptors (Lipinski definition) is 7. The largest absolute Gasteiger partial charge is 0.469 e. The van der Waals surface area contributed by atoms with E-state index in [1.165, 1.54) is 14.2 Å². The highest BCUT2D eigenvalue weighted by Gasteiger charge is 2.48. The van der Waals surface area contributed by atoms with Gasteiger partial charge in [0.05, 0.1) is 20.6 Å². The van der Waals surface area contributed by atoms with Crippen LogP contribution in [0.1, 0.15) is 19.3 Å². The molecule has 1 heterocycles. The van der Waals surface area contributed by atoms with Crippen LogP contribution >= 0.6 is 0 Å². The van der Waals surface area contributed by atoms with E-state index < -0.39 is 23.5 Å². The van der Waals surface area contributed by atoms with Gasteiger partial charge in [0.1, 0.15) is 0 Å². The van der Waals surface area contributed by atoms with Crippen LogP contribution in [-0.2, 0) is 33.3 Å². The van der Waals surface area contributed by atoms with Gasteiger partial charge in [-0.2, -0.15) is 0 Å². The first-order valence-electron chi connectivity index (χ1n) is 4.99. The van der Waals surface area contributed by atoms with Gasteiger partial charge in [0.15, 0.2) is 12.4 Å². The number of carbonyl (C=O) groups is 3. The first kappa shape index (κ1) is 13.4. The van der Waals surface area contributed by atoms with E-state index in [2.05, 4.69) is 14.2 Å². The van der Waals surface area contributed by atoms with Gasteiger partial charge in [0, 0.05) is 6.42 Å². The van der Waals surface area contributed by atoms with Gasteiger partial charge in [0.2, 0.25) is 0 Å². The van der Waals surface area contributed by atoms with Crippen LogP contribution in [0.2, 0.25) is 0 Å². The van der Waals surface area contributed by atoms with Crippen LogP contribution in [0.25, 0.3) is 0 Å². The van der Waals surface area contributed by atoms with E-state index >= 15 is 0 Å². The molecule has 0 aromatic rings. The predicted octanol–water partition coefficient (Wildman–Crippen LogP) is -0.228. The number of rotatable bonds is 5. The van der Waals surface area contributed by atoms with Crippen LogP contribution in [0.4, 0.5) is 0 Å². The van der Waals surface area contributed by atoms with Crippen molar-refractivity contribution in [2.75, 3.05) is 21.0 Å². The summed E-state index contributed by atoms with van der Waals surface area (Å²) in [4.78, 5) is 33.8. The minimum Gasteiger partial charge on any atom is -0.469 e. The molecule has 0 aliphatic carbocycles. The quantitative estimate of drug-likeness (QED) is 0.489. The van der Waals surface area contributed by atoms with Gasteiger partial charge in [-0.3, -0.25) is 9.59 Å². The summed E-state index contributed by atoms with van der Waals surface area (Å²) in [5.74, 6) is -1.75. The fraction of sp³-hybridized carbons (Fsp3) is 0.700. The van der Waals surface area contributed by atoms with Crippen molar-refractivity contribution in [3.05, 3.63) is 0 Å². The second kappa shape index (κ2) is 5.62. The molecule has 7 nitrogen and oxygen atoms in total. The van der Waals surface area contributed by atoms with Gasteiger partial charge >= 0.3 is 17.9 Å². The third-order valence-electron chi connectivity index (χ3n) is 2.52. The van der Waals surface area contributed by atoms with Crippen LogP contribution in [0.3, 0.4) is 0 Å². The lowest BCUT2D eigenvalue weighted by Gasteiger charge is -2.21. The van der Waals surface area contributed by atoms with E-state index in [1.54, 1.807) is 0 Å². The molecule has 0 aromatic heterocycles. The van der Waals surface area contributed by atoms with Crippen molar-refractivity contribution in [2.45, 2.75) is 24.9 Å². The Labute approximate surface area is 98.0 Å². The Kier molecular flexibility index (Phi) is 4.45. The molecule has 0 N–H and O–H groups in total. The molecule has 1 fully saturated rings. The maximum Gasteiger partial charge on any atom is 0.341 e. The van der Waals surface area contributed by atoms with Gasteiger partial charge in [-0.25, -0.2) is 4.79 Å². The Morgan fingerprint density at radius 1 is 1.29 bits per heavy atom. The fourth-order valence-electron chi connectivity index (χ4n) is 1.48. The van der Waals surface area contributed by atoms with Crippen molar-refractivity contribution in [3.63, 3.8) is 0 Å². The topological polar surface area (TPSA) is 88.1 Å². The number of cyclic esters (lactones) is 1. The lowest BCUT2D eigenvalue weighted by atomic mass is 9.94. The Bertz CT molecular complexity index is 325. The molecule has 1 aliphatic heterocycles. The molecule has 0 saturated carbocycles. The van der Waals surface area contributed by atoms with Crippen molar-refractivity contribution in [1.29, 1.82) is 0 Å². The number of ether oxygens (including phenoxy) is 4. The Morgan fingerprint density at radius 3 is 2.41 bits per heavy atom. The summed E-state index contributed by atoms with van der Waals surface area (Å²) in [5.41, 5.74) is -1.43. The van der Waals surface area contributed by atoms with Crippen molar-refractivity contribution >= 4 is 17.9 Å². The smallest absolute Gasteiger partial charge is 0.341 e. The molecule has 96 valence electrons. The molecule has 0 aromatic carbocycles. The summed E-state index contributed by atoms with van der Waals surface area (Å²) in [6, 6.07) is 0. The summed E-state index contributed by atoms with van der Waals surface area (Å²) in [7, 11) is 2.44. The SMILES string of the molecule is COC(=O)CC[C@]1(CC(=O)OC)OCOC1=O. The number of carbonyl (C=O) groups excluding carboxylic acids is 3. The molecule has 0 spiro atoms. The Balaban J connectivity index is 2.69. The third kappa shape index (κ3) is 3.16. The van der Waals surface area contributed by atoms with Crippen molar-refractivity contribution in [2.24, 2.45) is 0 Å². The predicted molar refractivity (Wildman–Crippen MR) is 52.7 cm³/mol. The molecule has 0 unspecified atom stereocenters. The highest BCUT2D eigenvalue weighted by molar-refractivity contribution is 5.87. The highest BCUT2D eigenvalue weighted by atomic mass is 16.7. The van der Waals surface area contributed by atoms with E-state index in [4.69, 9.17) is 4.74 Å². The normalized spacial score (nSPS) is 23.1. The lowest BCUT2D eigenvalue weighted by Crippen LogP contribution is -2.39. The monoisotopic (exact) mass is 246 g/mol. The first-order chi connectivity index (χ1) is 8.04. The van der Waals surface area contributed by atoms with Crippen LogP contribution in [0, 0.1) is 0 Å². The molecule has 0 bridgehead atoms. The van der Waals surface area contributed by atoms with E-state index in [0.717, 1.165) is 0 Å².